The van der Waals surface area contributed by atoms with Crippen LogP contribution >= 0.6 is 0 Å². The number of Topliss-reactive ketones (excluding diaryl/α,β-unsaturated/α-hetero) is 1. The number of benzene rings is 5. The minimum atomic E-state index is -1.70. The number of hydrogen-bond acceptors (Lipinski definition) is 36. The number of aromatic hydroxyl groups is 2. The maximum atomic E-state index is 14.6. The van der Waals surface area contributed by atoms with Crippen molar-refractivity contribution in [2.75, 3.05) is 181 Å². The number of phenolic OH excluding ortho intramolecular Hbond substituents is 2. The Morgan fingerprint density at radius 3 is 1.43 bits per heavy atom. The predicted octanol–water partition coefficient (Wildman–Crippen LogP) is 3.51. The van der Waals surface area contributed by atoms with E-state index in [0.29, 0.717) is 118 Å². The number of aromatic nitrogens is 1. The highest BCUT2D eigenvalue weighted by Crippen LogP contribution is 2.45. The molecule has 1 saturated carbocycles. The fraction of sp³-hybridized carbons (Fsp3) is 0.612. The molecule has 2 aliphatic carbocycles. The van der Waals surface area contributed by atoms with Gasteiger partial charge in [-0.15, -0.1) is 0 Å². The monoisotopic (exact) mass is 2010 g/mol. The molecule has 15 atom stereocenters. The van der Waals surface area contributed by atoms with Gasteiger partial charge in [-0.05, 0) is 171 Å². The second-order valence-electron chi connectivity index (χ2n) is 37.7. The van der Waals surface area contributed by atoms with Gasteiger partial charge in [-0.1, -0.05) is 27.7 Å². The maximum absolute atomic E-state index is 14.6. The van der Waals surface area contributed by atoms with Gasteiger partial charge in [-0.2, -0.15) is 0 Å². The van der Waals surface area contributed by atoms with Crippen LogP contribution in [0, 0.1) is 18.3 Å². The number of ether oxygens (including phenoxy) is 16. The van der Waals surface area contributed by atoms with Crippen molar-refractivity contribution in [1.82, 2.24) is 24.2 Å². The highest BCUT2D eigenvalue weighted by molar-refractivity contribution is 6.14. The number of primary amides is 1. The minimum absolute atomic E-state index is 0.0381. The summed E-state index contributed by atoms with van der Waals surface area (Å²) in [4.78, 5) is 89.5. The van der Waals surface area contributed by atoms with Gasteiger partial charge < -0.3 is 157 Å². The van der Waals surface area contributed by atoms with Crippen molar-refractivity contribution in [2.45, 2.75) is 217 Å². The van der Waals surface area contributed by atoms with Crippen molar-refractivity contribution >= 4 is 35.1 Å². The summed E-state index contributed by atoms with van der Waals surface area (Å²) in [6.45, 7) is 22.5. The number of morpholine rings is 2. The van der Waals surface area contributed by atoms with E-state index in [1.807, 2.05) is 25.3 Å². The summed E-state index contributed by atoms with van der Waals surface area (Å²) in [7, 11) is 9.03. The molecule has 0 radical (unpaired) electrons. The number of nitrogens with two attached hydrogens (primary N) is 1. The van der Waals surface area contributed by atoms with Crippen molar-refractivity contribution in [3.63, 3.8) is 0 Å². The van der Waals surface area contributed by atoms with E-state index in [1.54, 1.807) is 54.0 Å². The Morgan fingerprint density at radius 1 is 0.503 bits per heavy atom. The number of aryl methyl sites for hydroxylation is 1. The van der Waals surface area contributed by atoms with Crippen LogP contribution in [0.4, 0.5) is 0 Å². The predicted molar refractivity (Wildman–Crippen MR) is 517 cm³/mol. The summed E-state index contributed by atoms with van der Waals surface area (Å²) in [6, 6.07) is 17.6. The standard InChI is InChI=1S/2C36H52N2O13.C31H42N2O8/c1-6-24-25(20-30(40)38(12-14-45-3)13-15-46-4)31(26(39)21-28(24)51-36-35(44)34(43)32(41)22(2)50-36)33(42)23-7-8-27(29(19-23)47-5)49-18-11-37-9-16-48-17-10-37;1-6-24-25(20-30(40)38(12-14-45-3)13-15-46-4)31(29(21-26(24)39)51-36-35(44)34(43)32(41)22(2)50-36)33(42)23-7-8-27(28(19-23)47-5)49-18-11-37-9-16-48-17-10-37;1-16-14-33(22-12-31(2,3)13-23(35)25(16)22)19-6-9-21(29(32)39)18(11-19)10-17-4-7-20(8-5-17)40-30-28(38)27(37)26(36)24(15-34)41-30/h2*7-8,19,21-22,32,34-36,39,41,43-44H,6,9-18,20H2,1-5H3;6,9,11,14,17,20,24,26-28,30,34,36-38H,4-5,7-8,10,12-13,15H2,1-3H3,(H2,32,39)/t2*22-,32+,34+,35-,36-;17?,20?,24-,26+,27+,28-,30-/m001/s1. The van der Waals surface area contributed by atoms with Crippen LogP contribution < -0.4 is 34.2 Å². The second-order valence-corrected chi connectivity index (χ2v) is 37.7. The lowest BCUT2D eigenvalue weighted by molar-refractivity contribution is -0.313. The SMILES string of the molecule is CCc1c(O)cc(O[C@@H]2O[C@@H](C)[C@@H](O)[C@@H](O)[C@@H]2O)c(C(=O)c2ccc(OCCN3CCOCC3)c(OC)c2)c1CC(=O)N(CCOC)CCOC.CCc1c(O[C@@H]2O[C@@H](C)[C@@H](O)[C@@H](O)[C@@H]2O)cc(O)c(C(=O)c2ccc(OCCN3CCOCC3)c(OC)c2)c1CC(=O)N(CCOC)CCOC.Cc1cn(-c2ccc(C(N)=O)c(CC3CCC(O[C@@H]4O[C@H](CO)[C@H](O)[C@H](O)[C@H]4O)CC3)c2)c2c1C(=O)CC(C)(C)C2. The third-order valence-electron chi connectivity index (χ3n) is 27.2. The van der Waals surface area contributed by atoms with Crippen LogP contribution in [0.1, 0.15) is 165 Å². The highest BCUT2D eigenvalue weighted by atomic mass is 16.7. The van der Waals surface area contributed by atoms with E-state index in [0.717, 1.165) is 73.5 Å². The molecule has 6 heterocycles. The van der Waals surface area contributed by atoms with Gasteiger partial charge in [0.15, 0.2) is 46.6 Å². The highest BCUT2D eigenvalue weighted by Gasteiger charge is 2.48. The number of aliphatic hydroxyl groups excluding tert-OH is 10. The molecule has 0 spiro atoms. The number of ketones is 3. The molecule has 7 aliphatic rings. The zero-order valence-corrected chi connectivity index (χ0v) is 84.0. The second kappa shape index (κ2) is 53.6. The van der Waals surface area contributed by atoms with Crippen LogP contribution in [0.25, 0.3) is 5.69 Å². The summed E-state index contributed by atoms with van der Waals surface area (Å²) >= 11 is 0. The first-order valence-corrected chi connectivity index (χ1v) is 48.9. The van der Waals surface area contributed by atoms with Gasteiger partial charge in [0.1, 0.15) is 97.3 Å². The Morgan fingerprint density at radius 2 is 0.965 bits per heavy atom. The lowest BCUT2D eigenvalue weighted by Gasteiger charge is -2.41. The van der Waals surface area contributed by atoms with Crippen molar-refractivity contribution in [3.8, 4) is 51.7 Å². The minimum Gasteiger partial charge on any atom is -0.508 e. The average Bonchev–Trinajstić information content (AvgIpc) is 1.73. The molecule has 0 bridgehead atoms. The summed E-state index contributed by atoms with van der Waals surface area (Å²) in [6.07, 6.45) is -13.8. The van der Waals surface area contributed by atoms with Gasteiger partial charge in [0.25, 0.3) is 0 Å². The van der Waals surface area contributed by atoms with Crippen LogP contribution in [0.15, 0.2) is 72.9 Å². The first-order chi connectivity index (χ1) is 68.4. The molecule has 3 amide bonds. The number of carbonyl (C=O) groups excluding carboxylic acids is 6. The Hall–Kier alpha value is -9.68. The van der Waals surface area contributed by atoms with E-state index in [2.05, 4.69) is 28.2 Å². The largest absolute Gasteiger partial charge is 0.508 e. The first kappa shape index (κ1) is 114. The Balaban J connectivity index is 0.000000206. The van der Waals surface area contributed by atoms with Crippen molar-refractivity contribution in [3.05, 3.63) is 145 Å². The molecule has 0 unspecified atom stereocenters. The van der Waals surface area contributed by atoms with Crippen LogP contribution in [-0.2, 0) is 95.5 Å². The summed E-state index contributed by atoms with van der Waals surface area (Å²) in [5.41, 5.74) is 12.0. The molecular weight excluding hydrogens is 1870 g/mol. The van der Waals surface area contributed by atoms with Crippen LogP contribution in [-0.4, -0.2) is 400 Å². The molecule has 1 aromatic heterocycles. The lowest BCUT2D eigenvalue weighted by Crippen LogP contribution is -2.59. The Bertz CT molecular complexity index is 5140. The van der Waals surface area contributed by atoms with Gasteiger partial charge in [-0.3, -0.25) is 38.6 Å². The summed E-state index contributed by atoms with van der Waals surface area (Å²) < 4.78 is 91.8. The van der Waals surface area contributed by atoms with E-state index in [1.165, 1.54) is 80.8 Å². The molecule has 40 nitrogen and oxygen atoms in total. The molecule has 792 valence electrons. The van der Waals surface area contributed by atoms with Crippen molar-refractivity contribution < 1.29 is 166 Å². The molecule has 6 fully saturated rings. The van der Waals surface area contributed by atoms with Gasteiger partial charge in [0.05, 0.1) is 116 Å². The number of hydrogen-bond donors (Lipinski definition) is 13. The van der Waals surface area contributed by atoms with E-state index >= 15 is 0 Å². The normalized spacial score (nSPS) is 25.0. The molecule has 13 rings (SSSR count). The molecule has 14 N–H and O–H groups in total. The summed E-state index contributed by atoms with van der Waals surface area (Å²) in [5, 5.41) is 125. The Labute approximate surface area is 833 Å². The van der Waals surface area contributed by atoms with Gasteiger partial charge in [0, 0.05) is 152 Å². The molecular formula is C103H146N6O34. The number of phenols is 2. The van der Waals surface area contributed by atoms with Crippen LogP contribution in [0.2, 0.25) is 0 Å². The third kappa shape index (κ3) is 28.8. The number of fused-ring (bicyclic) bond motifs is 1. The number of carbonyl (C=O) groups is 6. The molecule has 5 saturated heterocycles. The van der Waals surface area contributed by atoms with Crippen LogP contribution in [0.5, 0.6) is 46.0 Å². The average molecular weight is 2010 g/mol. The number of methoxy groups -OCH3 is 6. The third-order valence-corrected chi connectivity index (χ3v) is 27.2. The zero-order valence-electron chi connectivity index (χ0n) is 84.0. The number of nitrogens with zero attached hydrogens (tertiary/aromatic N) is 5. The van der Waals surface area contributed by atoms with E-state index in [-0.39, 0.29) is 164 Å². The first-order valence-electron chi connectivity index (χ1n) is 48.9. The van der Waals surface area contributed by atoms with Gasteiger partial charge in [-0.25, -0.2) is 0 Å². The quantitative estimate of drug-likeness (QED) is 0.0244. The van der Waals surface area contributed by atoms with Crippen molar-refractivity contribution in [2.24, 2.45) is 17.1 Å². The molecule has 5 aromatic carbocycles. The van der Waals surface area contributed by atoms with Crippen molar-refractivity contribution in [1.29, 1.82) is 0 Å². The topological polar surface area (TPSA) is 537 Å². The molecule has 143 heavy (non-hydrogen) atoms. The number of amides is 3. The van der Waals surface area contributed by atoms with E-state index < -0.39 is 122 Å². The zero-order chi connectivity index (χ0) is 104. The molecule has 40 heteroatoms. The number of rotatable bonds is 43. The molecule has 6 aromatic rings. The lowest BCUT2D eigenvalue weighted by atomic mass is 9.75. The van der Waals surface area contributed by atoms with E-state index in [4.69, 9.17) is 81.5 Å². The smallest absolute Gasteiger partial charge is 0.248 e. The maximum Gasteiger partial charge on any atom is 0.248 e. The summed E-state index contributed by atoms with van der Waals surface area (Å²) in [5.74, 6) is -1.25. The number of aliphatic hydroxyl groups is 10. The fourth-order valence-electron chi connectivity index (χ4n) is 19.0. The van der Waals surface area contributed by atoms with Crippen LogP contribution in [0.3, 0.4) is 0 Å². The van der Waals surface area contributed by atoms with Gasteiger partial charge >= 0.3 is 0 Å². The Kier molecular flexibility index (Phi) is 42.6. The molecule has 5 aliphatic heterocycles. The van der Waals surface area contributed by atoms with E-state index in [9.17, 15) is 90.0 Å². The fourth-order valence-corrected chi connectivity index (χ4v) is 19.0. The van der Waals surface area contributed by atoms with Gasteiger partial charge in [0.2, 0.25) is 30.3 Å².